The van der Waals surface area contributed by atoms with Gasteiger partial charge in [-0.2, -0.15) is 0 Å². The van der Waals surface area contributed by atoms with Crippen LogP contribution in [0.15, 0.2) is 101 Å². The quantitative estimate of drug-likeness (QED) is 0.279. The molecule has 5 aromatic rings. The van der Waals surface area contributed by atoms with E-state index in [4.69, 9.17) is 0 Å². The highest BCUT2D eigenvalue weighted by Crippen LogP contribution is 2.49. The van der Waals surface area contributed by atoms with E-state index >= 15 is 4.39 Å². The third kappa shape index (κ3) is 4.48. The Balaban J connectivity index is 1.65. The van der Waals surface area contributed by atoms with Crippen molar-refractivity contribution in [3.8, 4) is 11.1 Å². The van der Waals surface area contributed by atoms with E-state index in [1.54, 1.807) is 63.5 Å². The molecule has 1 aliphatic rings. The van der Waals surface area contributed by atoms with Crippen molar-refractivity contribution in [2.75, 3.05) is 0 Å². The molecule has 0 saturated carbocycles. The molecule has 8 nitrogen and oxygen atoms in total. The van der Waals surface area contributed by atoms with Gasteiger partial charge in [-0.3, -0.25) is 14.6 Å². The van der Waals surface area contributed by atoms with E-state index in [1.165, 1.54) is 29.1 Å². The summed E-state index contributed by atoms with van der Waals surface area (Å²) in [5.41, 5.74) is 3.71. The maximum atomic E-state index is 15.1. The van der Waals surface area contributed by atoms with Gasteiger partial charge in [-0.25, -0.2) is 16.8 Å². The number of fused-ring (bicyclic) bond motifs is 1. The first-order valence-electron chi connectivity index (χ1n) is 14.1. The fourth-order valence-electron chi connectivity index (χ4n) is 6.24. The van der Waals surface area contributed by atoms with Gasteiger partial charge >= 0.3 is 0 Å². The molecule has 4 heterocycles. The SMILES string of the molecule is CC1=CC(c2cc(=O)n(C)cc2-c2ccccc2F)=CC(c2cc(C)nc(C)c2)C1(C)S(=O)(=O)n1ccc2cc[nH]c(=O)c21. The molecule has 10 heteroatoms. The van der Waals surface area contributed by atoms with E-state index in [0.29, 0.717) is 50.2 Å². The molecule has 44 heavy (non-hydrogen) atoms. The van der Waals surface area contributed by atoms with Crippen molar-refractivity contribution in [1.29, 1.82) is 0 Å². The Bertz CT molecular complexity index is 2260. The first kappa shape index (κ1) is 29.3. The van der Waals surface area contributed by atoms with Gasteiger partial charge in [0.1, 0.15) is 16.1 Å². The first-order chi connectivity index (χ1) is 20.8. The maximum absolute atomic E-state index is 15.1. The third-order valence-electron chi connectivity index (χ3n) is 8.63. The van der Waals surface area contributed by atoms with E-state index in [0.717, 1.165) is 3.97 Å². The number of hydrogen-bond acceptors (Lipinski definition) is 5. The molecule has 0 spiro atoms. The molecule has 0 saturated heterocycles. The van der Waals surface area contributed by atoms with Crippen molar-refractivity contribution in [2.45, 2.75) is 38.4 Å². The molecule has 0 bridgehead atoms. The highest BCUT2D eigenvalue weighted by molar-refractivity contribution is 7.91. The fraction of sp³-hybridized carbons (Fsp3) is 0.206. The summed E-state index contributed by atoms with van der Waals surface area (Å²) >= 11 is 0. The number of nitrogens with zero attached hydrogens (tertiary/aromatic N) is 3. The minimum absolute atomic E-state index is 0.0329. The maximum Gasteiger partial charge on any atom is 0.273 e. The Morgan fingerprint density at radius 1 is 0.955 bits per heavy atom. The lowest BCUT2D eigenvalue weighted by Gasteiger charge is -2.40. The number of aryl methyl sites for hydroxylation is 3. The molecule has 0 aliphatic heterocycles. The lowest BCUT2D eigenvalue weighted by Crippen LogP contribution is -2.46. The van der Waals surface area contributed by atoms with Crippen molar-refractivity contribution in [1.82, 2.24) is 18.5 Å². The van der Waals surface area contributed by atoms with Crippen LogP contribution in [0.25, 0.3) is 27.6 Å². The van der Waals surface area contributed by atoms with Crippen LogP contribution in [-0.4, -0.2) is 31.7 Å². The summed E-state index contributed by atoms with van der Waals surface area (Å²) in [5, 5.41) is 0.497. The molecule has 0 amide bonds. The second-order valence-electron chi connectivity index (χ2n) is 11.5. The summed E-state index contributed by atoms with van der Waals surface area (Å²) in [6, 6.07) is 14.7. The summed E-state index contributed by atoms with van der Waals surface area (Å²) in [4.78, 5) is 32.9. The van der Waals surface area contributed by atoms with E-state index in [2.05, 4.69) is 9.97 Å². The largest absolute Gasteiger partial charge is 0.327 e. The zero-order valence-corrected chi connectivity index (χ0v) is 25.7. The number of halogens is 1. The van der Waals surface area contributed by atoms with Crippen LogP contribution >= 0.6 is 0 Å². The summed E-state index contributed by atoms with van der Waals surface area (Å²) in [6.07, 6.45) is 8.05. The Kier molecular flexibility index (Phi) is 6.92. The molecule has 6 rings (SSSR count). The zero-order valence-electron chi connectivity index (χ0n) is 24.9. The van der Waals surface area contributed by atoms with Crippen molar-refractivity contribution in [3.63, 3.8) is 0 Å². The Labute approximate surface area is 253 Å². The summed E-state index contributed by atoms with van der Waals surface area (Å²) in [5.74, 6) is -1.22. The number of aromatic nitrogens is 4. The number of nitrogens with one attached hydrogen (secondary N) is 1. The molecule has 1 aliphatic carbocycles. The van der Waals surface area contributed by atoms with E-state index < -0.39 is 32.1 Å². The van der Waals surface area contributed by atoms with E-state index in [-0.39, 0.29) is 11.1 Å². The zero-order chi connectivity index (χ0) is 31.6. The van der Waals surface area contributed by atoms with Crippen molar-refractivity contribution in [3.05, 3.63) is 140 Å². The molecular weight excluding hydrogens is 579 g/mol. The van der Waals surface area contributed by atoms with Crippen LogP contribution in [-0.2, 0) is 17.1 Å². The van der Waals surface area contributed by atoms with E-state index in [9.17, 15) is 18.0 Å². The molecule has 2 unspecified atom stereocenters. The van der Waals surface area contributed by atoms with Crippen LogP contribution in [0, 0.1) is 19.7 Å². The van der Waals surface area contributed by atoms with Crippen molar-refractivity contribution < 1.29 is 12.8 Å². The van der Waals surface area contributed by atoms with Crippen LogP contribution in [0.4, 0.5) is 4.39 Å². The van der Waals surface area contributed by atoms with Gasteiger partial charge in [0.2, 0.25) is 10.0 Å². The van der Waals surface area contributed by atoms with E-state index in [1.807, 2.05) is 32.1 Å². The van der Waals surface area contributed by atoms with Gasteiger partial charge in [0.25, 0.3) is 11.1 Å². The standard InChI is InChI=1S/C34H31FN4O4S/c1-20-14-24(27-18-31(40)38(5)19-28(27)26-8-6-7-9-30(26)35)17-29(25-15-21(2)37-22(3)16-25)34(20,4)44(42,43)39-13-11-23-10-12-36-33(41)32(23)39/h6-19,29H,1-5H3,(H,36,41). The summed E-state index contributed by atoms with van der Waals surface area (Å²) in [7, 11) is -2.69. The van der Waals surface area contributed by atoms with Crippen LogP contribution in [0.5, 0.6) is 0 Å². The monoisotopic (exact) mass is 610 g/mol. The predicted molar refractivity (Wildman–Crippen MR) is 171 cm³/mol. The first-order valence-corrected chi connectivity index (χ1v) is 15.5. The van der Waals surface area contributed by atoms with Crippen molar-refractivity contribution >= 4 is 26.5 Å². The molecule has 224 valence electrons. The fourth-order valence-corrected chi connectivity index (χ4v) is 8.29. The second kappa shape index (κ2) is 10.4. The van der Waals surface area contributed by atoms with Gasteiger partial charge in [0.05, 0.1) is 0 Å². The number of H-pyrrole nitrogens is 1. The van der Waals surface area contributed by atoms with Gasteiger partial charge in [0.15, 0.2) is 0 Å². The van der Waals surface area contributed by atoms with Crippen LogP contribution in [0.1, 0.15) is 42.3 Å². The second-order valence-corrected chi connectivity index (χ2v) is 13.7. The number of hydrogen-bond donors (Lipinski definition) is 1. The lowest BCUT2D eigenvalue weighted by molar-refractivity contribution is 0.525. The average molecular weight is 611 g/mol. The van der Waals surface area contributed by atoms with Gasteiger partial charge in [0, 0.05) is 65.5 Å². The molecule has 2 atom stereocenters. The van der Waals surface area contributed by atoms with Gasteiger partial charge in [-0.1, -0.05) is 30.4 Å². The van der Waals surface area contributed by atoms with Gasteiger partial charge in [-0.15, -0.1) is 0 Å². The van der Waals surface area contributed by atoms with Gasteiger partial charge < -0.3 is 9.55 Å². The van der Waals surface area contributed by atoms with Crippen LogP contribution in [0.3, 0.4) is 0 Å². The normalized spacial score (nSPS) is 18.7. The molecular formula is C34H31FN4O4S. The molecule has 1 N–H and O–H groups in total. The lowest BCUT2D eigenvalue weighted by atomic mass is 9.75. The minimum atomic E-state index is -4.29. The number of pyridine rings is 3. The number of benzene rings is 1. The van der Waals surface area contributed by atoms with Crippen molar-refractivity contribution in [2.24, 2.45) is 7.05 Å². The third-order valence-corrected chi connectivity index (χ3v) is 11.1. The van der Waals surface area contributed by atoms with Crippen LogP contribution in [0.2, 0.25) is 0 Å². The number of allylic oxidation sites excluding steroid dienone is 3. The highest BCUT2D eigenvalue weighted by atomic mass is 32.2. The molecule has 4 aromatic heterocycles. The Morgan fingerprint density at radius 2 is 1.66 bits per heavy atom. The summed E-state index contributed by atoms with van der Waals surface area (Å²) < 4.78 is 45.6. The molecule has 0 radical (unpaired) electrons. The van der Waals surface area contributed by atoms with Gasteiger partial charge in [-0.05, 0) is 80.3 Å². The Morgan fingerprint density at radius 3 is 2.36 bits per heavy atom. The smallest absolute Gasteiger partial charge is 0.273 e. The average Bonchev–Trinajstić information content (AvgIpc) is 3.42. The predicted octanol–water partition coefficient (Wildman–Crippen LogP) is 5.61. The molecule has 1 aromatic carbocycles. The Hall–Kier alpha value is -4.83. The summed E-state index contributed by atoms with van der Waals surface area (Å²) in [6.45, 7) is 7.07. The minimum Gasteiger partial charge on any atom is -0.327 e. The number of rotatable bonds is 5. The molecule has 0 fully saturated rings. The van der Waals surface area contributed by atoms with Crippen LogP contribution < -0.4 is 11.1 Å². The highest BCUT2D eigenvalue weighted by Gasteiger charge is 2.50. The number of aromatic amines is 1. The topological polar surface area (TPSA) is 107 Å².